The highest BCUT2D eigenvalue weighted by Gasteiger charge is 2.30. The fraction of sp³-hybridized carbons (Fsp3) is 0.222. The highest BCUT2D eigenvalue weighted by molar-refractivity contribution is 6.35. The fourth-order valence-corrected chi connectivity index (χ4v) is 3.08. The molecule has 1 aliphatic rings. The van der Waals surface area contributed by atoms with Crippen molar-refractivity contribution < 1.29 is 14.3 Å². The van der Waals surface area contributed by atoms with Crippen molar-refractivity contribution in [2.75, 3.05) is 11.4 Å². The van der Waals surface area contributed by atoms with Crippen molar-refractivity contribution in [2.45, 2.75) is 19.4 Å². The molecule has 0 spiro atoms. The molecule has 0 bridgehead atoms. The van der Waals surface area contributed by atoms with E-state index in [2.05, 4.69) is 0 Å². The molecule has 1 unspecified atom stereocenters. The minimum atomic E-state index is -0.918. The van der Waals surface area contributed by atoms with Crippen molar-refractivity contribution in [1.29, 1.82) is 0 Å². The van der Waals surface area contributed by atoms with Gasteiger partial charge in [0.1, 0.15) is 0 Å². The van der Waals surface area contributed by atoms with Crippen LogP contribution in [0.1, 0.15) is 22.8 Å². The molecule has 0 saturated heterocycles. The van der Waals surface area contributed by atoms with Crippen molar-refractivity contribution in [3.05, 3.63) is 63.6 Å². The zero-order chi connectivity index (χ0) is 17.3. The van der Waals surface area contributed by atoms with E-state index in [1.165, 1.54) is 12.1 Å². The number of hydrogen-bond acceptors (Lipinski definition) is 3. The molecule has 124 valence electrons. The Morgan fingerprint density at radius 1 is 1.17 bits per heavy atom. The first-order chi connectivity index (χ1) is 11.5. The van der Waals surface area contributed by atoms with Gasteiger partial charge in [-0.3, -0.25) is 4.79 Å². The molecule has 1 heterocycles. The van der Waals surface area contributed by atoms with Crippen LogP contribution in [0.2, 0.25) is 10.0 Å². The maximum absolute atomic E-state index is 12.6. The Kier molecular flexibility index (Phi) is 4.78. The number of halogens is 2. The second-order valence-electron chi connectivity index (χ2n) is 5.54. The highest BCUT2D eigenvalue weighted by atomic mass is 35.5. The van der Waals surface area contributed by atoms with E-state index in [9.17, 15) is 9.59 Å². The first kappa shape index (κ1) is 16.8. The summed E-state index contributed by atoms with van der Waals surface area (Å²) in [4.78, 5) is 26.5. The molecule has 4 nitrogen and oxygen atoms in total. The van der Waals surface area contributed by atoms with Gasteiger partial charge in [-0.15, -0.1) is 0 Å². The standard InChI is InChI=1S/C18H15Cl2NO3/c1-11(24-18(23)14-10-13(19)6-7-15(14)20)17(22)21-9-8-12-4-2-3-5-16(12)21/h2-7,10-11H,8-9H2,1H3. The number of carbonyl (C=O) groups is 2. The lowest BCUT2D eigenvalue weighted by atomic mass is 10.2. The number of rotatable bonds is 3. The van der Waals surface area contributed by atoms with Crippen LogP contribution in [0, 0.1) is 0 Å². The van der Waals surface area contributed by atoms with E-state index >= 15 is 0 Å². The normalized spacial score (nSPS) is 14.2. The predicted molar refractivity (Wildman–Crippen MR) is 93.8 cm³/mol. The molecule has 1 atom stereocenters. The topological polar surface area (TPSA) is 46.6 Å². The van der Waals surface area contributed by atoms with Gasteiger partial charge in [-0.05, 0) is 43.2 Å². The minimum absolute atomic E-state index is 0.144. The summed E-state index contributed by atoms with van der Waals surface area (Å²) in [7, 11) is 0. The molecule has 0 aliphatic carbocycles. The molecular formula is C18H15Cl2NO3. The molecule has 0 N–H and O–H groups in total. The Balaban J connectivity index is 1.73. The van der Waals surface area contributed by atoms with Gasteiger partial charge in [0.15, 0.2) is 6.10 Å². The highest BCUT2D eigenvalue weighted by Crippen LogP contribution is 2.28. The van der Waals surface area contributed by atoms with E-state index < -0.39 is 12.1 Å². The number of carbonyl (C=O) groups excluding carboxylic acids is 2. The number of amides is 1. The van der Waals surface area contributed by atoms with Crippen molar-refractivity contribution in [2.24, 2.45) is 0 Å². The zero-order valence-corrected chi connectivity index (χ0v) is 14.5. The molecule has 1 amide bonds. The summed E-state index contributed by atoms with van der Waals surface area (Å²) in [6.45, 7) is 2.14. The summed E-state index contributed by atoms with van der Waals surface area (Å²) in [6, 6.07) is 12.2. The minimum Gasteiger partial charge on any atom is -0.449 e. The van der Waals surface area contributed by atoms with Crippen LogP contribution in [0.3, 0.4) is 0 Å². The Labute approximate surface area is 149 Å². The fourth-order valence-electron chi connectivity index (χ4n) is 2.71. The summed E-state index contributed by atoms with van der Waals surface area (Å²) >= 11 is 11.9. The third-order valence-corrected chi connectivity index (χ3v) is 4.50. The number of benzene rings is 2. The van der Waals surface area contributed by atoms with Crippen LogP contribution >= 0.6 is 23.2 Å². The first-order valence-corrected chi connectivity index (χ1v) is 8.28. The summed E-state index contributed by atoms with van der Waals surface area (Å²) in [6.07, 6.45) is -0.124. The number of fused-ring (bicyclic) bond motifs is 1. The second kappa shape index (κ2) is 6.83. The summed E-state index contributed by atoms with van der Waals surface area (Å²) in [5.74, 6) is -0.928. The molecular weight excluding hydrogens is 349 g/mol. The third-order valence-electron chi connectivity index (χ3n) is 3.93. The smallest absolute Gasteiger partial charge is 0.340 e. The van der Waals surface area contributed by atoms with Crippen LogP contribution in [0.5, 0.6) is 0 Å². The van der Waals surface area contributed by atoms with Crippen LogP contribution in [0.4, 0.5) is 5.69 Å². The maximum Gasteiger partial charge on any atom is 0.340 e. The average molecular weight is 364 g/mol. The van der Waals surface area contributed by atoms with E-state index in [1.54, 1.807) is 17.9 Å². The lowest BCUT2D eigenvalue weighted by Crippen LogP contribution is -2.39. The van der Waals surface area contributed by atoms with Gasteiger partial charge in [-0.25, -0.2) is 4.79 Å². The largest absolute Gasteiger partial charge is 0.449 e. The molecule has 6 heteroatoms. The van der Waals surface area contributed by atoms with E-state index in [0.29, 0.717) is 11.6 Å². The van der Waals surface area contributed by atoms with Crippen LogP contribution in [0.25, 0.3) is 0 Å². The predicted octanol–water partition coefficient (Wildman–Crippen LogP) is 4.13. The lowest BCUT2D eigenvalue weighted by molar-refractivity contribution is -0.126. The lowest BCUT2D eigenvalue weighted by Gasteiger charge is -2.21. The third kappa shape index (κ3) is 3.25. The summed E-state index contributed by atoms with van der Waals surface area (Å²) in [5.41, 5.74) is 2.12. The van der Waals surface area contributed by atoms with Crippen molar-refractivity contribution in [3.63, 3.8) is 0 Å². The van der Waals surface area contributed by atoms with Crippen molar-refractivity contribution in [3.8, 4) is 0 Å². The number of hydrogen-bond donors (Lipinski definition) is 0. The van der Waals surface area contributed by atoms with Gasteiger partial charge in [0.2, 0.25) is 0 Å². The SMILES string of the molecule is CC(OC(=O)c1cc(Cl)ccc1Cl)C(=O)N1CCc2ccccc21. The van der Waals surface area contributed by atoms with Crippen molar-refractivity contribution in [1.82, 2.24) is 0 Å². The molecule has 24 heavy (non-hydrogen) atoms. The summed E-state index contributed by atoms with van der Waals surface area (Å²) < 4.78 is 5.29. The molecule has 2 aromatic rings. The first-order valence-electron chi connectivity index (χ1n) is 7.52. The van der Waals surface area contributed by atoms with Gasteiger partial charge in [-0.1, -0.05) is 41.4 Å². The monoisotopic (exact) mass is 363 g/mol. The number of nitrogens with zero attached hydrogens (tertiary/aromatic N) is 1. The van der Waals surface area contributed by atoms with Crippen molar-refractivity contribution >= 4 is 40.8 Å². The van der Waals surface area contributed by atoms with Gasteiger partial charge >= 0.3 is 5.97 Å². The molecule has 0 aromatic heterocycles. The number of ether oxygens (including phenoxy) is 1. The van der Waals surface area contributed by atoms with E-state index in [4.69, 9.17) is 27.9 Å². The second-order valence-corrected chi connectivity index (χ2v) is 6.38. The Bertz CT molecular complexity index is 807. The van der Waals surface area contributed by atoms with Gasteiger partial charge < -0.3 is 9.64 Å². The Morgan fingerprint density at radius 3 is 2.71 bits per heavy atom. The van der Waals surface area contributed by atoms with Gasteiger partial charge in [-0.2, -0.15) is 0 Å². The number of esters is 1. The maximum atomic E-state index is 12.6. The zero-order valence-electron chi connectivity index (χ0n) is 13.0. The van der Waals surface area contributed by atoms with Gasteiger partial charge in [0, 0.05) is 17.3 Å². The Morgan fingerprint density at radius 2 is 1.92 bits per heavy atom. The average Bonchev–Trinajstić information content (AvgIpc) is 3.00. The van der Waals surface area contributed by atoms with Crippen LogP contribution < -0.4 is 4.90 Å². The van der Waals surface area contributed by atoms with Crippen LogP contribution in [-0.4, -0.2) is 24.5 Å². The van der Waals surface area contributed by atoms with E-state index in [-0.39, 0.29) is 16.5 Å². The molecule has 0 saturated carbocycles. The quantitative estimate of drug-likeness (QED) is 0.770. The molecule has 2 aromatic carbocycles. The molecule has 3 rings (SSSR count). The van der Waals surface area contributed by atoms with Gasteiger partial charge in [0.25, 0.3) is 5.91 Å². The van der Waals surface area contributed by atoms with Gasteiger partial charge in [0.05, 0.1) is 10.6 Å². The van der Waals surface area contributed by atoms with Crippen LogP contribution in [0.15, 0.2) is 42.5 Å². The molecule has 0 fully saturated rings. The summed E-state index contributed by atoms with van der Waals surface area (Å²) in [5, 5.41) is 0.606. The molecule has 1 aliphatic heterocycles. The Hall–Kier alpha value is -2.04. The number of para-hydroxylation sites is 1. The molecule has 0 radical (unpaired) electrons. The van der Waals surface area contributed by atoms with Crippen LogP contribution in [-0.2, 0) is 16.0 Å². The van der Waals surface area contributed by atoms with E-state index in [1.807, 2.05) is 24.3 Å². The van der Waals surface area contributed by atoms with E-state index in [0.717, 1.165) is 17.7 Å². The number of anilines is 1.